The van der Waals surface area contributed by atoms with E-state index >= 15 is 0 Å². The molecular formula is C27H32N2O6. The van der Waals surface area contributed by atoms with E-state index in [1.807, 2.05) is 37.3 Å². The number of carboxylic acid groups (broad SMARTS) is 1. The van der Waals surface area contributed by atoms with Crippen LogP contribution in [0.5, 0.6) is 5.75 Å². The lowest BCUT2D eigenvalue weighted by Crippen LogP contribution is -2.42. The van der Waals surface area contributed by atoms with Crippen LogP contribution in [0, 0.1) is 5.92 Å². The van der Waals surface area contributed by atoms with Crippen molar-refractivity contribution >= 4 is 17.8 Å². The second kappa shape index (κ2) is 11.0. The van der Waals surface area contributed by atoms with Crippen molar-refractivity contribution in [3.05, 3.63) is 64.2 Å². The lowest BCUT2D eigenvalue weighted by atomic mass is 9.87. The fourth-order valence-electron chi connectivity index (χ4n) is 4.84. The Morgan fingerprint density at radius 1 is 1.11 bits per heavy atom. The van der Waals surface area contributed by atoms with Gasteiger partial charge in [0.15, 0.2) is 5.75 Å². The zero-order valence-electron chi connectivity index (χ0n) is 20.0. The topological polar surface area (TPSA) is 119 Å². The van der Waals surface area contributed by atoms with Gasteiger partial charge in [-0.3, -0.25) is 19.3 Å². The molecule has 8 nitrogen and oxygen atoms in total. The number of amides is 2. The number of benzene rings is 2. The van der Waals surface area contributed by atoms with Crippen molar-refractivity contribution in [3.8, 4) is 5.75 Å². The predicted molar refractivity (Wildman–Crippen MR) is 129 cm³/mol. The maximum atomic E-state index is 13.7. The summed E-state index contributed by atoms with van der Waals surface area (Å²) in [6.45, 7) is 2.33. The van der Waals surface area contributed by atoms with Gasteiger partial charge in [0.2, 0.25) is 5.91 Å². The molecule has 1 aliphatic heterocycles. The van der Waals surface area contributed by atoms with Crippen LogP contribution in [0.3, 0.4) is 0 Å². The molecule has 0 radical (unpaired) electrons. The Morgan fingerprint density at radius 3 is 2.71 bits per heavy atom. The number of nitrogens with zero attached hydrogens (tertiary/aromatic N) is 1. The quantitative estimate of drug-likeness (QED) is 0.528. The van der Waals surface area contributed by atoms with Gasteiger partial charge in [0.1, 0.15) is 12.6 Å². The number of carbonyl (C=O) groups excluding carboxylic acids is 2. The van der Waals surface area contributed by atoms with Crippen LogP contribution >= 0.6 is 0 Å². The Hall–Kier alpha value is -3.23. The number of nitrogens with two attached hydrogens (primary N) is 1. The van der Waals surface area contributed by atoms with E-state index in [0.29, 0.717) is 24.3 Å². The van der Waals surface area contributed by atoms with Gasteiger partial charge in [0.25, 0.3) is 5.91 Å². The minimum Gasteiger partial charge on any atom is -0.480 e. The zero-order chi connectivity index (χ0) is 24.9. The Bertz CT molecular complexity index is 1110. The van der Waals surface area contributed by atoms with E-state index in [-0.39, 0.29) is 37.1 Å². The molecule has 1 unspecified atom stereocenters. The molecule has 1 heterocycles. The summed E-state index contributed by atoms with van der Waals surface area (Å²) >= 11 is 0. The van der Waals surface area contributed by atoms with Crippen molar-refractivity contribution in [1.82, 2.24) is 4.90 Å². The highest BCUT2D eigenvalue weighted by Crippen LogP contribution is 2.28. The molecule has 4 rings (SSSR count). The lowest BCUT2D eigenvalue weighted by molar-refractivity contribution is -0.194. The minimum absolute atomic E-state index is 0.115. The molecule has 0 spiro atoms. The van der Waals surface area contributed by atoms with Gasteiger partial charge in [-0.1, -0.05) is 31.2 Å². The number of imide groups is 1. The van der Waals surface area contributed by atoms with Gasteiger partial charge >= 0.3 is 5.97 Å². The summed E-state index contributed by atoms with van der Waals surface area (Å²) in [5.41, 5.74) is 10.3. The van der Waals surface area contributed by atoms with E-state index < -0.39 is 12.0 Å². The van der Waals surface area contributed by atoms with Gasteiger partial charge in [-0.15, -0.1) is 0 Å². The molecule has 35 heavy (non-hydrogen) atoms. The first kappa shape index (κ1) is 24.9. The van der Waals surface area contributed by atoms with Gasteiger partial charge in [-0.05, 0) is 73.3 Å². The van der Waals surface area contributed by atoms with Gasteiger partial charge in [-0.2, -0.15) is 4.89 Å². The Morgan fingerprint density at radius 2 is 1.91 bits per heavy atom. The molecule has 0 saturated heterocycles. The number of aliphatic carboxylic acids is 1. The van der Waals surface area contributed by atoms with E-state index in [4.69, 9.17) is 15.5 Å². The van der Waals surface area contributed by atoms with Crippen LogP contribution in [0.25, 0.3) is 0 Å². The summed E-state index contributed by atoms with van der Waals surface area (Å²) in [4.78, 5) is 49.7. The summed E-state index contributed by atoms with van der Waals surface area (Å²) in [5, 5.41) is 9.18. The Kier molecular flexibility index (Phi) is 7.83. The Labute approximate surface area is 204 Å². The highest BCUT2D eigenvalue weighted by molar-refractivity contribution is 6.05. The molecule has 1 aliphatic carbocycles. The SMILES string of the molecule is CC(C[C@@H](N)C(=O)O)CN(C(=O)CCc1ccc2c(c1)OOC2)C(=O)c1cccc2c1CCCC2. The van der Waals surface area contributed by atoms with Crippen molar-refractivity contribution in [2.24, 2.45) is 11.7 Å². The number of hydrogen-bond acceptors (Lipinski definition) is 6. The fraction of sp³-hybridized carbons (Fsp3) is 0.444. The third-order valence-corrected chi connectivity index (χ3v) is 6.76. The van der Waals surface area contributed by atoms with E-state index in [1.54, 1.807) is 6.07 Å². The van der Waals surface area contributed by atoms with E-state index in [1.165, 1.54) is 4.90 Å². The van der Waals surface area contributed by atoms with Crippen molar-refractivity contribution in [1.29, 1.82) is 0 Å². The monoisotopic (exact) mass is 480 g/mol. The number of fused-ring (bicyclic) bond motifs is 2. The van der Waals surface area contributed by atoms with Gasteiger partial charge < -0.3 is 15.7 Å². The van der Waals surface area contributed by atoms with Crippen LogP contribution < -0.4 is 10.6 Å². The molecule has 0 fully saturated rings. The minimum atomic E-state index is -1.10. The second-order valence-corrected chi connectivity index (χ2v) is 9.53. The number of carboxylic acids is 1. The second-order valence-electron chi connectivity index (χ2n) is 9.53. The van der Waals surface area contributed by atoms with Crippen LogP contribution in [-0.2, 0) is 40.3 Å². The van der Waals surface area contributed by atoms with Gasteiger partial charge in [0.05, 0.1) is 0 Å². The Balaban J connectivity index is 1.53. The first-order valence-corrected chi connectivity index (χ1v) is 12.2. The van der Waals surface area contributed by atoms with Gasteiger partial charge in [0, 0.05) is 24.1 Å². The van der Waals surface area contributed by atoms with Crippen LogP contribution in [-0.4, -0.2) is 40.4 Å². The summed E-state index contributed by atoms with van der Waals surface area (Å²) in [5.74, 6) is -1.33. The van der Waals surface area contributed by atoms with Crippen molar-refractivity contribution in [2.45, 2.75) is 64.5 Å². The lowest BCUT2D eigenvalue weighted by Gasteiger charge is -2.27. The fourth-order valence-corrected chi connectivity index (χ4v) is 4.84. The van der Waals surface area contributed by atoms with Crippen LogP contribution in [0.4, 0.5) is 0 Å². The van der Waals surface area contributed by atoms with Crippen LogP contribution in [0.15, 0.2) is 36.4 Å². The number of hydrogen-bond donors (Lipinski definition) is 2. The molecule has 8 heteroatoms. The standard InChI is InChI=1S/C27H32N2O6/c1-17(13-23(28)27(32)33)15-29(26(31)22-8-4-6-19-5-2-3-7-21(19)22)25(30)12-10-18-9-11-20-16-34-35-24(20)14-18/h4,6,8-9,11,14,17,23H,2-3,5,7,10,12-13,15-16,28H2,1H3,(H,32,33)/t17?,23-/m1/s1. The molecule has 2 atom stereocenters. The summed E-state index contributed by atoms with van der Waals surface area (Å²) in [6, 6.07) is 10.4. The summed E-state index contributed by atoms with van der Waals surface area (Å²) in [6.07, 6.45) is 4.59. The maximum absolute atomic E-state index is 13.7. The van der Waals surface area contributed by atoms with Crippen molar-refractivity contribution in [2.75, 3.05) is 6.54 Å². The summed E-state index contributed by atoms with van der Waals surface area (Å²) in [7, 11) is 0. The molecule has 0 saturated carbocycles. The number of carbonyl (C=O) groups is 3. The molecule has 2 aliphatic rings. The molecule has 2 amide bonds. The molecule has 186 valence electrons. The number of aryl methyl sites for hydroxylation is 2. The van der Waals surface area contributed by atoms with E-state index in [0.717, 1.165) is 47.9 Å². The molecule has 3 N–H and O–H groups in total. The largest absolute Gasteiger partial charge is 0.480 e. The maximum Gasteiger partial charge on any atom is 0.320 e. The van der Waals surface area contributed by atoms with Crippen molar-refractivity contribution < 1.29 is 29.3 Å². The van der Waals surface area contributed by atoms with Crippen LogP contribution in [0.2, 0.25) is 0 Å². The van der Waals surface area contributed by atoms with Gasteiger partial charge in [-0.25, -0.2) is 0 Å². The highest BCUT2D eigenvalue weighted by Gasteiger charge is 2.29. The highest BCUT2D eigenvalue weighted by atomic mass is 17.2. The molecule has 2 aromatic rings. The summed E-state index contributed by atoms with van der Waals surface area (Å²) < 4.78 is 0. The van der Waals surface area contributed by atoms with E-state index in [9.17, 15) is 19.5 Å². The molecular weight excluding hydrogens is 448 g/mol. The molecule has 2 aromatic carbocycles. The average molecular weight is 481 g/mol. The van der Waals surface area contributed by atoms with E-state index in [2.05, 4.69) is 0 Å². The normalized spacial score (nSPS) is 15.9. The molecule has 0 bridgehead atoms. The number of rotatable bonds is 9. The third-order valence-electron chi connectivity index (χ3n) is 6.76. The first-order valence-electron chi connectivity index (χ1n) is 12.2. The molecule has 0 aromatic heterocycles. The third kappa shape index (κ3) is 5.89. The van der Waals surface area contributed by atoms with Crippen molar-refractivity contribution in [3.63, 3.8) is 0 Å². The predicted octanol–water partition coefficient (Wildman–Crippen LogP) is 3.43. The zero-order valence-corrected chi connectivity index (χ0v) is 20.0. The first-order chi connectivity index (χ1) is 16.8. The average Bonchev–Trinajstić information content (AvgIpc) is 3.33. The smallest absolute Gasteiger partial charge is 0.320 e. The van der Waals surface area contributed by atoms with Crippen LogP contribution in [0.1, 0.15) is 65.2 Å².